The Hall–Kier alpha value is -2.44. The van der Waals surface area contributed by atoms with Crippen LogP contribution in [0.2, 0.25) is 10.0 Å². The molecule has 0 saturated heterocycles. The summed E-state index contributed by atoms with van der Waals surface area (Å²) in [6, 6.07) is 6.49. The second kappa shape index (κ2) is 7.89. The predicted octanol–water partition coefficient (Wildman–Crippen LogP) is 5.72. The summed E-state index contributed by atoms with van der Waals surface area (Å²) in [6.07, 6.45) is 5.82. The summed E-state index contributed by atoms with van der Waals surface area (Å²) in [5.74, 6) is 1.65. The van der Waals surface area contributed by atoms with E-state index in [0.29, 0.717) is 44.0 Å². The topological polar surface area (TPSA) is 76.5 Å². The molecule has 0 radical (unpaired) electrons. The third-order valence-electron chi connectivity index (χ3n) is 4.78. The van der Waals surface area contributed by atoms with Crippen LogP contribution in [0.3, 0.4) is 0 Å². The number of anilines is 2. The Bertz CT molecular complexity index is 1020. The number of nitrogens with one attached hydrogen (secondary N) is 1. The fourth-order valence-corrected chi connectivity index (χ4v) is 3.93. The maximum atomic E-state index is 10.1. The summed E-state index contributed by atoms with van der Waals surface area (Å²) in [5, 5.41) is 14.8. The van der Waals surface area contributed by atoms with E-state index >= 15 is 0 Å². The molecule has 6 nitrogen and oxygen atoms in total. The van der Waals surface area contributed by atoms with Crippen molar-refractivity contribution in [2.75, 3.05) is 12.4 Å². The van der Waals surface area contributed by atoms with E-state index in [4.69, 9.17) is 32.7 Å². The molecule has 1 aromatic heterocycles. The lowest BCUT2D eigenvalue weighted by atomic mass is 10.2. The van der Waals surface area contributed by atoms with Crippen LogP contribution in [0.1, 0.15) is 25.7 Å². The van der Waals surface area contributed by atoms with Crippen molar-refractivity contribution < 1.29 is 14.6 Å². The van der Waals surface area contributed by atoms with Crippen molar-refractivity contribution in [3.8, 4) is 17.2 Å². The maximum Gasteiger partial charge on any atom is 0.145 e. The largest absolute Gasteiger partial charge is 0.508 e. The normalized spacial score (nSPS) is 14.4. The molecular weight excluding hydrogens is 401 g/mol. The number of aromatic nitrogens is 2. The van der Waals surface area contributed by atoms with Crippen molar-refractivity contribution in [2.45, 2.75) is 31.8 Å². The Morgan fingerprint density at radius 2 is 1.82 bits per heavy atom. The average Bonchev–Trinajstić information content (AvgIpc) is 3.16. The van der Waals surface area contributed by atoms with Crippen LogP contribution in [-0.2, 0) is 0 Å². The van der Waals surface area contributed by atoms with Crippen molar-refractivity contribution in [2.24, 2.45) is 0 Å². The highest BCUT2D eigenvalue weighted by Crippen LogP contribution is 2.40. The molecule has 4 rings (SSSR count). The van der Waals surface area contributed by atoms with Gasteiger partial charge in [-0.25, -0.2) is 9.97 Å². The van der Waals surface area contributed by atoms with Crippen LogP contribution in [0.5, 0.6) is 17.2 Å². The van der Waals surface area contributed by atoms with Gasteiger partial charge in [0.1, 0.15) is 29.4 Å². The standard InChI is InChI=1S/C20H19Cl2N3O3/c1-27-17-9-15(13(21)8-14(17)22)25-20-19-16(23-10-24-20)6-11(26)7-18(19)28-12-4-2-3-5-12/h6-10,12,26H,2-5H2,1H3,(H,23,24,25). The van der Waals surface area contributed by atoms with E-state index in [2.05, 4.69) is 15.3 Å². The molecular formula is C20H19Cl2N3O3. The Kier molecular flexibility index (Phi) is 5.33. The zero-order valence-corrected chi connectivity index (χ0v) is 16.7. The van der Waals surface area contributed by atoms with E-state index in [1.807, 2.05) is 0 Å². The van der Waals surface area contributed by atoms with E-state index in [-0.39, 0.29) is 11.9 Å². The summed E-state index contributed by atoms with van der Waals surface area (Å²) < 4.78 is 11.5. The number of nitrogens with zero attached hydrogens (tertiary/aromatic N) is 2. The minimum atomic E-state index is 0.0938. The van der Waals surface area contributed by atoms with Gasteiger partial charge in [0.15, 0.2) is 0 Å². The molecule has 1 saturated carbocycles. The first-order valence-electron chi connectivity index (χ1n) is 8.99. The third-order valence-corrected chi connectivity index (χ3v) is 5.39. The summed E-state index contributed by atoms with van der Waals surface area (Å²) in [7, 11) is 1.54. The van der Waals surface area contributed by atoms with Crippen molar-refractivity contribution in [3.05, 3.63) is 40.6 Å². The Labute approximate surface area is 172 Å². The SMILES string of the molecule is COc1cc(Nc2ncnc3cc(O)cc(OC4CCCC4)c23)c(Cl)cc1Cl. The third kappa shape index (κ3) is 3.75. The fourth-order valence-electron chi connectivity index (χ4n) is 3.42. The lowest BCUT2D eigenvalue weighted by Gasteiger charge is -2.18. The Balaban J connectivity index is 1.79. The molecule has 1 aliphatic carbocycles. The molecule has 1 fully saturated rings. The number of rotatable bonds is 5. The van der Waals surface area contributed by atoms with Gasteiger partial charge in [0.25, 0.3) is 0 Å². The van der Waals surface area contributed by atoms with Gasteiger partial charge in [-0.1, -0.05) is 23.2 Å². The molecule has 2 N–H and O–H groups in total. The monoisotopic (exact) mass is 419 g/mol. The van der Waals surface area contributed by atoms with Gasteiger partial charge in [-0.15, -0.1) is 0 Å². The number of methoxy groups -OCH3 is 1. The number of aromatic hydroxyl groups is 1. The Morgan fingerprint density at radius 1 is 1.04 bits per heavy atom. The minimum absolute atomic E-state index is 0.0938. The van der Waals surface area contributed by atoms with E-state index in [1.165, 1.54) is 13.4 Å². The molecule has 3 aromatic rings. The van der Waals surface area contributed by atoms with Gasteiger partial charge in [0, 0.05) is 18.2 Å². The van der Waals surface area contributed by atoms with Gasteiger partial charge in [-0.3, -0.25) is 0 Å². The molecule has 1 aliphatic rings. The quantitative estimate of drug-likeness (QED) is 0.550. The van der Waals surface area contributed by atoms with Crippen LogP contribution < -0.4 is 14.8 Å². The highest BCUT2D eigenvalue weighted by atomic mass is 35.5. The van der Waals surface area contributed by atoms with E-state index < -0.39 is 0 Å². The molecule has 0 amide bonds. The fraction of sp³-hybridized carbons (Fsp3) is 0.300. The summed E-state index contributed by atoms with van der Waals surface area (Å²) in [4.78, 5) is 8.65. The lowest BCUT2D eigenvalue weighted by molar-refractivity contribution is 0.212. The number of phenols is 1. The maximum absolute atomic E-state index is 10.1. The highest BCUT2D eigenvalue weighted by molar-refractivity contribution is 6.37. The smallest absolute Gasteiger partial charge is 0.145 e. The molecule has 28 heavy (non-hydrogen) atoms. The molecule has 146 valence electrons. The number of phenolic OH excluding ortho intramolecular Hbond substituents is 1. The van der Waals surface area contributed by atoms with E-state index in [9.17, 15) is 5.11 Å². The average molecular weight is 420 g/mol. The summed E-state index contributed by atoms with van der Waals surface area (Å²) in [5.41, 5.74) is 1.16. The first kappa shape index (κ1) is 18.9. The van der Waals surface area contributed by atoms with Crippen LogP contribution in [0.25, 0.3) is 10.9 Å². The van der Waals surface area contributed by atoms with Crippen LogP contribution in [0, 0.1) is 0 Å². The molecule has 2 aromatic carbocycles. The van der Waals surface area contributed by atoms with E-state index in [0.717, 1.165) is 25.7 Å². The molecule has 8 heteroatoms. The van der Waals surface area contributed by atoms with Crippen molar-refractivity contribution >= 4 is 45.6 Å². The molecule has 0 aliphatic heterocycles. The van der Waals surface area contributed by atoms with E-state index in [1.54, 1.807) is 24.3 Å². The van der Waals surface area contributed by atoms with Crippen LogP contribution in [0.15, 0.2) is 30.6 Å². The van der Waals surface area contributed by atoms with Crippen LogP contribution in [-0.4, -0.2) is 28.3 Å². The van der Waals surface area contributed by atoms with Crippen LogP contribution in [0.4, 0.5) is 11.5 Å². The molecule has 0 atom stereocenters. The number of fused-ring (bicyclic) bond motifs is 1. The van der Waals surface area contributed by atoms with Gasteiger partial charge in [0.2, 0.25) is 0 Å². The van der Waals surface area contributed by atoms with Gasteiger partial charge in [-0.2, -0.15) is 0 Å². The summed E-state index contributed by atoms with van der Waals surface area (Å²) in [6.45, 7) is 0. The number of hydrogen-bond donors (Lipinski definition) is 2. The molecule has 1 heterocycles. The zero-order chi connectivity index (χ0) is 19.7. The van der Waals surface area contributed by atoms with Gasteiger partial charge < -0.3 is 19.9 Å². The second-order valence-corrected chi connectivity index (χ2v) is 7.49. The van der Waals surface area contributed by atoms with Crippen molar-refractivity contribution in [1.82, 2.24) is 9.97 Å². The number of hydrogen-bond acceptors (Lipinski definition) is 6. The van der Waals surface area contributed by atoms with Gasteiger partial charge >= 0.3 is 0 Å². The first-order chi connectivity index (χ1) is 13.5. The van der Waals surface area contributed by atoms with Crippen molar-refractivity contribution in [1.29, 1.82) is 0 Å². The Morgan fingerprint density at radius 3 is 2.57 bits per heavy atom. The minimum Gasteiger partial charge on any atom is -0.508 e. The highest BCUT2D eigenvalue weighted by Gasteiger charge is 2.20. The van der Waals surface area contributed by atoms with Gasteiger partial charge in [0.05, 0.1) is 39.8 Å². The van der Waals surface area contributed by atoms with Crippen LogP contribution >= 0.6 is 23.2 Å². The number of benzene rings is 2. The second-order valence-electron chi connectivity index (χ2n) is 6.68. The van der Waals surface area contributed by atoms with Gasteiger partial charge in [-0.05, 0) is 31.7 Å². The molecule has 0 spiro atoms. The predicted molar refractivity (Wildman–Crippen MR) is 110 cm³/mol. The van der Waals surface area contributed by atoms with Crippen molar-refractivity contribution in [3.63, 3.8) is 0 Å². The zero-order valence-electron chi connectivity index (χ0n) is 15.2. The number of ether oxygens (including phenoxy) is 2. The first-order valence-corrected chi connectivity index (χ1v) is 9.75. The lowest BCUT2D eigenvalue weighted by Crippen LogP contribution is -2.11. The molecule has 0 unspecified atom stereocenters. The summed E-state index contributed by atoms with van der Waals surface area (Å²) >= 11 is 12.5. The number of halogens is 2. The molecule has 0 bridgehead atoms.